The second-order valence-electron chi connectivity index (χ2n) is 4.85. The van der Waals surface area contributed by atoms with Gasteiger partial charge >= 0.3 is 0 Å². The highest BCUT2D eigenvalue weighted by molar-refractivity contribution is 5.36. The van der Waals surface area contributed by atoms with E-state index in [9.17, 15) is 4.39 Å². The number of nitrogens with two attached hydrogens (primary N) is 1. The fraction of sp³-hybridized carbons (Fsp3) is 0.571. The van der Waals surface area contributed by atoms with Crippen molar-refractivity contribution in [3.8, 4) is 5.75 Å². The van der Waals surface area contributed by atoms with Crippen molar-refractivity contribution >= 4 is 0 Å². The molecule has 1 aromatic carbocycles. The highest BCUT2D eigenvalue weighted by Gasteiger charge is 2.17. The predicted octanol–water partition coefficient (Wildman–Crippen LogP) is 3.56. The Morgan fingerprint density at radius 2 is 2.00 bits per heavy atom. The lowest BCUT2D eigenvalue weighted by Crippen LogP contribution is -2.21. The molecule has 1 atom stereocenters. The molecule has 0 spiro atoms. The van der Waals surface area contributed by atoms with Gasteiger partial charge in [-0.1, -0.05) is 12.5 Å². The first-order valence-electron chi connectivity index (χ1n) is 6.38. The minimum atomic E-state index is -0.264. The van der Waals surface area contributed by atoms with Gasteiger partial charge in [0.05, 0.1) is 6.10 Å². The lowest BCUT2D eigenvalue weighted by atomic mass is 9.97. The number of benzene rings is 1. The zero-order valence-corrected chi connectivity index (χ0v) is 10.3. The summed E-state index contributed by atoms with van der Waals surface area (Å²) in [6.07, 6.45) is 6.04. The molecule has 17 heavy (non-hydrogen) atoms. The first-order valence-corrected chi connectivity index (χ1v) is 6.38. The molecular weight excluding hydrogens is 217 g/mol. The molecule has 0 aromatic heterocycles. The summed E-state index contributed by atoms with van der Waals surface area (Å²) < 4.78 is 19.2. The van der Waals surface area contributed by atoms with E-state index in [0.717, 1.165) is 18.4 Å². The van der Waals surface area contributed by atoms with Gasteiger partial charge in [0.25, 0.3) is 0 Å². The Bertz CT molecular complexity index is 372. The van der Waals surface area contributed by atoms with Crippen LogP contribution in [0.4, 0.5) is 4.39 Å². The summed E-state index contributed by atoms with van der Waals surface area (Å²) in [6, 6.07) is 4.48. The molecule has 0 aliphatic heterocycles. The zero-order valence-electron chi connectivity index (χ0n) is 10.3. The van der Waals surface area contributed by atoms with Gasteiger partial charge < -0.3 is 10.5 Å². The minimum Gasteiger partial charge on any atom is -0.490 e. The molecule has 0 heterocycles. The maximum atomic E-state index is 13.2. The van der Waals surface area contributed by atoms with Crippen LogP contribution in [-0.4, -0.2) is 6.10 Å². The molecule has 2 rings (SSSR count). The number of ether oxygens (including phenoxy) is 1. The lowest BCUT2D eigenvalue weighted by Gasteiger charge is -2.25. The van der Waals surface area contributed by atoms with Gasteiger partial charge in [0.15, 0.2) is 0 Å². The third-order valence-electron chi connectivity index (χ3n) is 3.31. The van der Waals surface area contributed by atoms with Gasteiger partial charge in [-0.05, 0) is 38.7 Å². The van der Waals surface area contributed by atoms with Crippen molar-refractivity contribution in [3.63, 3.8) is 0 Å². The average molecular weight is 237 g/mol. The Balaban J connectivity index is 2.14. The molecule has 2 nitrogen and oxygen atoms in total. The highest BCUT2D eigenvalue weighted by Crippen LogP contribution is 2.29. The van der Waals surface area contributed by atoms with Crippen LogP contribution in [0.3, 0.4) is 0 Å². The van der Waals surface area contributed by atoms with Crippen molar-refractivity contribution in [2.45, 2.75) is 51.2 Å². The highest BCUT2D eigenvalue weighted by atomic mass is 19.1. The van der Waals surface area contributed by atoms with Crippen LogP contribution >= 0.6 is 0 Å². The first kappa shape index (κ1) is 12.4. The molecule has 3 heteroatoms. The maximum absolute atomic E-state index is 13.2. The summed E-state index contributed by atoms with van der Waals surface area (Å²) in [4.78, 5) is 0. The van der Waals surface area contributed by atoms with Gasteiger partial charge in [0.1, 0.15) is 11.6 Å². The van der Waals surface area contributed by atoms with E-state index < -0.39 is 0 Å². The van der Waals surface area contributed by atoms with Crippen molar-refractivity contribution < 1.29 is 9.13 Å². The molecule has 1 unspecified atom stereocenters. The largest absolute Gasteiger partial charge is 0.490 e. The number of rotatable bonds is 3. The Hall–Kier alpha value is -1.09. The Kier molecular flexibility index (Phi) is 4.00. The Morgan fingerprint density at radius 1 is 1.29 bits per heavy atom. The second-order valence-corrected chi connectivity index (χ2v) is 4.85. The molecule has 0 bridgehead atoms. The molecule has 1 fully saturated rings. The minimum absolute atomic E-state index is 0.130. The van der Waals surface area contributed by atoms with Crippen LogP contribution in [0.15, 0.2) is 18.2 Å². The third kappa shape index (κ3) is 3.19. The predicted molar refractivity (Wildman–Crippen MR) is 66.5 cm³/mol. The van der Waals surface area contributed by atoms with E-state index in [4.69, 9.17) is 10.5 Å². The molecule has 94 valence electrons. The van der Waals surface area contributed by atoms with Crippen LogP contribution < -0.4 is 10.5 Å². The molecule has 0 radical (unpaired) electrons. The van der Waals surface area contributed by atoms with Crippen LogP contribution in [0.25, 0.3) is 0 Å². The zero-order chi connectivity index (χ0) is 12.3. The molecule has 1 saturated carbocycles. The first-order chi connectivity index (χ1) is 8.16. The van der Waals surface area contributed by atoms with E-state index in [1.807, 2.05) is 6.92 Å². The summed E-state index contributed by atoms with van der Waals surface area (Å²) in [6.45, 7) is 1.89. The summed E-state index contributed by atoms with van der Waals surface area (Å²) in [5.41, 5.74) is 6.75. The van der Waals surface area contributed by atoms with Gasteiger partial charge in [0.2, 0.25) is 0 Å². The van der Waals surface area contributed by atoms with Crippen molar-refractivity contribution in [1.82, 2.24) is 0 Å². The van der Waals surface area contributed by atoms with Crippen LogP contribution in [0.5, 0.6) is 5.75 Å². The molecule has 0 amide bonds. The van der Waals surface area contributed by atoms with Crippen molar-refractivity contribution in [2.75, 3.05) is 0 Å². The van der Waals surface area contributed by atoms with Crippen LogP contribution in [-0.2, 0) is 0 Å². The number of hydrogen-bond donors (Lipinski definition) is 1. The number of halogens is 1. The Morgan fingerprint density at radius 3 is 2.65 bits per heavy atom. The summed E-state index contributed by atoms with van der Waals surface area (Å²) >= 11 is 0. The van der Waals surface area contributed by atoms with Gasteiger partial charge in [-0.25, -0.2) is 4.39 Å². The van der Waals surface area contributed by atoms with E-state index in [2.05, 4.69) is 0 Å². The van der Waals surface area contributed by atoms with Crippen molar-refractivity contribution in [2.24, 2.45) is 5.73 Å². The standard InChI is InChI=1S/C14H20FNO/c1-10(16)13-8-7-11(15)9-14(13)17-12-5-3-2-4-6-12/h7-10,12H,2-6,16H2,1H3. The van der Waals surface area contributed by atoms with E-state index >= 15 is 0 Å². The van der Waals surface area contributed by atoms with Crippen LogP contribution in [0.1, 0.15) is 50.6 Å². The van der Waals surface area contributed by atoms with E-state index in [1.54, 1.807) is 6.07 Å². The monoisotopic (exact) mass is 237 g/mol. The topological polar surface area (TPSA) is 35.2 Å². The van der Waals surface area contributed by atoms with Crippen LogP contribution in [0.2, 0.25) is 0 Å². The second kappa shape index (κ2) is 5.50. The SMILES string of the molecule is CC(N)c1ccc(F)cc1OC1CCCCC1. The molecule has 1 aliphatic carbocycles. The molecule has 1 aliphatic rings. The lowest BCUT2D eigenvalue weighted by molar-refractivity contribution is 0.152. The quantitative estimate of drug-likeness (QED) is 0.872. The van der Waals surface area contributed by atoms with Gasteiger partial charge in [-0.2, -0.15) is 0 Å². The van der Waals surface area contributed by atoms with Crippen molar-refractivity contribution in [3.05, 3.63) is 29.6 Å². The fourth-order valence-electron chi connectivity index (χ4n) is 2.35. The van der Waals surface area contributed by atoms with Gasteiger partial charge in [-0.3, -0.25) is 0 Å². The summed E-state index contributed by atoms with van der Waals surface area (Å²) in [5, 5.41) is 0. The molecule has 1 aromatic rings. The fourth-order valence-corrected chi connectivity index (χ4v) is 2.35. The third-order valence-corrected chi connectivity index (χ3v) is 3.31. The summed E-state index contributed by atoms with van der Waals surface area (Å²) in [7, 11) is 0. The molecule has 0 saturated heterocycles. The summed E-state index contributed by atoms with van der Waals surface area (Å²) in [5.74, 6) is 0.354. The van der Waals surface area contributed by atoms with E-state index in [1.165, 1.54) is 31.4 Å². The number of hydrogen-bond acceptors (Lipinski definition) is 2. The molecule has 2 N–H and O–H groups in total. The maximum Gasteiger partial charge on any atom is 0.127 e. The Labute approximate surface area is 102 Å². The smallest absolute Gasteiger partial charge is 0.127 e. The molecular formula is C14H20FNO. The van der Waals surface area contributed by atoms with Crippen LogP contribution in [0, 0.1) is 5.82 Å². The normalized spacial score (nSPS) is 19.0. The average Bonchev–Trinajstić information content (AvgIpc) is 2.30. The van der Waals surface area contributed by atoms with Gasteiger partial charge in [0, 0.05) is 17.7 Å². The van der Waals surface area contributed by atoms with Crippen molar-refractivity contribution in [1.29, 1.82) is 0 Å². The van der Waals surface area contributed by atoms with Gasteiger partial charge in [-0.15, -0.1) is 0 Å². The van der Waals surface area contributed by atoms with E-state index in [-0.39, 0.29) is 18.0 Å². The van der Waals surface area contributed by atoms with E-state index in [0.29, 0.717) is 5.75 Å².